The molecule has 0 saturated heterocycles. The van der Waals surface area contributed by atoms with Crippen LogP contribution in [0.3, 0.4) is 0 Å². The lowest BCUT2D eigenvalue weighted by atomic mass is 10.1. The lowest BCUT2D eigenvalue weighted by molar-refractivity contribution is 0.0698. The number of hydrogen-bond acceptors (Lipinski definition) is 5. The third-order valence-corrected chi connectivity index (χ3v) is 3.84. The van der Waals surface area contributed by atoms with E-state index in [1.165, 1.54) is 30.7 Å². The first-order valence-electron chi connectivity index (χ1n) is 7.02. The SMILES string of the molecule is C[C@H](Nc1ncnc2c(C(=O)O)ccnc12)c1ccc(F)c(Cl)c1. The van der Waals surface area contributed by atoms with Crippen LogP contribution in [0.2, 0.25) is 5.02 Å². The van der Waals surface area contributed by atoms with Crippen molar-refractivity contribution in [3.8, 4) is 0 Å². The van der Waals surface area contributed by atoms with Crippen LogP contribution in [0.1, 0.15) is 28.9 Å². The fraction of sp³-hybridized carbons (Fsp3) is 0.125. The normalized spacial score (nSPS) is 12.1. The molecular weight excluding hydrogens is 335 g/mol. The summed E-state index contributed by atoms with van der Waals surface area (Å²) in [6, 6.07) is 5.54. The smallest absolute Gasteiger partial charge is 0.338 e. The Kier molecular flexibility index (Phi) is 4.26. The maximum atomic E-state index is 13.3. The zero-order valence-corrected chi connectivity index (χ0v) is 13.3. The molecule has 3 aromatic rings. The van der Waals surface area contributed by atoms with Crippen LogP contribution in [0, 0.1) is 5.82 Å². The summed E-state index contributed by atoms with van der Waals surface area (Å²) >= 11 is 5.81. The number of anilines is 1. The molecule has 2 N–H and O–H groups in total. The Morgan fingerprint density at radius 1 is 1.25 bits per heavy atom. The van der Waals surface area contributed by atoms with E-state index in [-0.39, 0.29) is 22.1 Å². The van der Waals surface area contributed by atoms with Crippen LogP contribution >= 0.6 is 11.6 Å². The lowest BCUT2D eigenvalue weighted by Gasteiger charge is -2.16. The number of carboxylic acids is 1. The molecule has 0 bridgehead atoms. The van der Waals surface area contributed by atoms with Crippen LogP contribution in [0.5, 0.6) is 0 Å². The molecule has 0 aliphatic heterocycles. The van der Waals surface area contributed by atoms with Gasteiger partial charge < -0.3 is 10.4 Å². The monoisotopic (exact) mass is 346 g/mol. The maximum Gasteiger partial charge on any atom is 0.338 e. The largest absolute Gasteiger partial charge is 0.478 e. The molecule has 1 aromatic carbocycles. The molecule has 122 valence electrons. The zero-order valence-electron chi connectivity index (χ0n) is 12.5. The van der Waals surface area contributed by atoms with Crippen molar-refractivity contribution >= 4 is 34.4 Å². The number of carbonyl (C=O) groups is 1. The Hall–Kier alpha value is -2.80. The summed E-state index contributed by atoms with van der Waals surface area (Å²) in [6.45, 7) is 1.85. The fourth-order valence-corrected chi connectivity index (χ4v) is 2.50. The first kappa shape index (κ1) is 16.1. The van der Waals surface area contributed by atoms with Crippen LogP contribution in [0.15, 0.2) is 36.8 Å². The van der Waals surface area contributed by atoms with Crippen molar-refractivity contribution in [3.05, 3.63) is 58.8 Å². The van der Waals surface area contributed by atoms with E-state index in [0.717, 1.165) is 5.56 Å². The van der Waals surface area contributed by atoms with E-state index < -0.39 is 11.8 Å². The van der Waals surface area contributed by atoms with Crippen molar-refractivity contribution in [2.45, 2.75) is 13.0 Å². The second-order valence-corrected chi connectivity index (χ2v) is 5.53. The average Bonchev–Trinajstić information content (AvgIpc) is 2.57. The standard InChI is InChI=1S/C16H12ClFN4O2/c1-8(9-2-3-12(18)11(17)6-9)22-15-14-13(20-7-21-15)10(16(23)24)4-5-19-14/h2-8H,1H3,(H,23,24)(H,20,21,22)/t8-/m0/s1. The summed E-state index contributed by atoms with van der Waals surface area (Å²) in [5.41, 5.74) is 1.38. The lowest BCUT2D eigenvalue weighted by Crippen LogP contribution is -2.10. The van der Waals surface area contributed by atoms with Crippen LogP contribution in [-0.2, 0) is 0 Å². The van der Waals surface area contributed by atoms with Crippen molar-refractivity contribution in [2.24, 2.45) is 0 Å². The van der Waals surface area contributed by atoms with Gasteiger partial charge in [0.05, 0.1) is 16.6 Å². The highest BCUT2D eigenvalue weighted by atomic mass is 35.5. The predicted molar refractivity (Wildman–Crippen MR) is 87.7 cm³/mol. The zero-order chi connectivity index (χ0) is 17.3. The van der Waals surface area contributed by atoms with Gasteiger partial charge in [0.15, 0.2) is 5.82 Å². The minimum atomic E-state index is -1.09. The molecule has 8 heteroatoms. The average molecular weight is 347 g/mol. The van der Waals surface area contributed by atoms with Gasteiger partial charge >= 0.3 is 5.97 Å². The summed E-state index contributed by atoms with van der Waals surface area (Å²) in [4.78, 5) is 23.6. The van der Waals surface area contributed by atoms with Crippen molar-refractivity contribution in [3.63, 3.8) is 0 Å². The Labute approximate surface area is 141 Å². The third-order valence-electron chi connectivity index (χ3n) is 3.55. The van der Waals surface area contributed by atoms with Crippen LogP contribution < -0.4 is 5.32 Å². The van der Waals surface area contributed by atoms with Gasteiger partial charge in [-0.05, 0) is 30.7 Å². The van der Waals surface area contributed by atoms with E-state index in [1.54, 1.807) is 6.07 Å². The van der Waals surface area contributed by atoms with E-state index in [9.17, 15) is 14.3 Å². The molecule has 0 saturated carbocycles. The molecule has 0 spiro atoms. The number of halogens is 2. The molecule has 0 radical (unpaired) electrons. The van der Waals surface area contributed by atoms with Gasteiger partial charge in [-0.1, -0.05) is 17.7 Å². The van der Waals surface area contributed by atoms with Crippen molar-refractivity contribution < 1.29 is 14.3 Å². The first-order valence-corrected chi connectivity index (χ1v) is 7.39. The molecule has 0 unspecified atom stereocenters. The van der Waals surface area contributed by atoms with E-state index in [4.69, 9.17) is 11.6 Å². The molecule has 24 heavy (non-hydrogen) atoms. The summed E-state index contributed by atoms with van der Waals surface area (Å²) in [5.74, 6) is -1.20. The third kappa shape index (κ3) is 2.98. The Morgan fingerprint density at radius 3 is 2.75 bits per heavy atom. The molecule has 1 atom stereocenters. The van der Waals surface area contributed by atoms with E-state index in [0.29, 0.717) is 11.3 Å². The van der Waals surface area contributed by atoms with Gasteiger partial charge in [-0.3, -0.25) is 4.98 Å². The minimum Gasteiger partial charge on any atom is -0.478 e. The highest BCUT2D eigenvalue weighted by molar-refractivity contribution is 6.30. The van der Waals surface area contributed by atoms with Gasteiger partial charge in [0.2, 0.25) is 0 Å². The summed E-state index contributed by atoms with van der Waals surface area (Å²) < 4.78 is 13.3. The molecular formula is C16H12ClFN4O2. The van der Waals surface area contributed by atoms with Gasteiger partial charge in [0.25, 0.3) is 0 Å². The number of fused-ring (bicyclic) bond motifs is 1. The van der Waals surface area contributed by atoms with Crippen molar-refractivity contribution in [1.82, 2.24) is 15.0 Å². The Bertz CT molecular complexity index is 935. The first-order chi connectivity index (χ1) is 11.5. The van der Waals surface area contributed by atoms with Gasteiger partial charge in [0.1, 0.15) is 23.2 Å². The van der Waals surface area contributed by atoms with Crippen LogP contribution in [0.4, 0.5) is 10.2 Å². The number of aromatic nitrogens is 3. The number of rotatable bonds is 4. The molecule has 2 aromatic heterocycles. The number of nitrogens with zero attached hydrogens (tertiary/aromatic N) is 3. The quantitative estimate of drug-likeness (QED) is 0.749. The van der Waals surface area contributed by atoms with E-state index in [1.807, 2.05) is 6.92 Å². The number of pyridine rings is 1. The highest BCUT2D eigenvalue weighted by Crippen LogP contribution is 2.26. The molecule has 2 heterocycles. The molecule has 6 nitrogen and oxygen atoms in total. The number of hydrogen-bond donors (Lipinski definition) is 2. The van der Waals surface area contributed by atoms with Crippen molar-refractivity contribution in [1.29, 1.82) is 0 Å². The second kappa shape index (κ2) is 6.37. The summed E-state index contributed by atoms with van der Waals surface area (Å²) in [6.07, 6.45) is 2.66. The van der Waals surface area contributed by atoms with Gasteiger partial charge in [0, 0.05) is 6.20 Å². The molecule has 3 rings (SSSR count). The molecule has 0 aliphatic rings. The van der Waals surface area contributed by atoms with Gasteiger partial charge in [-0.25, -0.2) is 19.2 Å². The van der Waals surface area contributed by atoms with E-state index in [2.05, 4.69) is 20.3 Å². The topological polar surface area (TPSA) is 88.0 Å². The molecule has 0 aliphatic carbocycles. The Morgan fingerprint density at radius 2 is 2.04 bits per heavy atom. The maximum absolute atomic E-state index is 13.3. The summed E-state index contributed by atoms with van der Waals surface area (Å²) in [5, 5.41) is 12.4. The number of carboxylic acid groups (broad SMARTS) is 1. The molecule has 0 fully saturated rings. The number of aromatic carboxylic acids is 1. The highest BCUT2D eigenvalue weighted by Gasteiger charge is 2.16. The Balaban J connectivity index is 1.99. The predicted octanol–water partition coefficient (Wildman–Crippen LogP) is 3.69. The van der Waals surface area contributed by atoms with E-state index >= 15 is 0 Å². The second-order valence-electron chi connectivity index (χ2n) is 5.12. The van der Waals surface area contributed by atoms with Crippen LogP contribution in [0.25, 0.3) is 11.0 Å². The minimum absolute atomic E-state index is 0.0278. The van der Waals surface area contributed by atoms with Gasteiger partial charge in [-0.2, -0.15) is 0 Å². The number of nitrogens with one attached hydrogen (secondary N) is 1. The van der Waals surface area contributed by atoms with Crippen molar-refractivity contribution in [2.75, 3.05) is 5.32 Å². The fourth-order valence-electron chi connectivity index (χ4n) is 2.31. The molecule has 0 amide bonds. The number of benzene rings is 1. The van der Waals surface area contributed by atoms with Gasteiger partial charge in [-0.15, -0.1) is 0 Å². The summed E-state index contributed by atoms with van der Waals surface area (Å²) in [7, 11) is 0. The van der Waals surface area contributed by atoms with Crippen LogP contribution in [-0.4, -0.2) is 26.0 Å².